The van der Waals surface area contributed by atoms with Crippen LogP contribution in [-0.2, 0) is 18.3 Å². The molecule has 0 amide bonds. The van der Waals surface area contributed by atoms with Crippen molar-refractivity contribution in [1.29, 1.82) is 0 Å². The number of ether oxygens (including phenoxy) is 1. The zero-order valence-corrected chi connectivity index (χ0v) is 12.6. The molecule has 1 fully saturated rings. The van der Waals surface area contributed by atoms with Gasteiger partial charge in [0.2, 0.25) is 0 Å². The molecule has 0 atom stereocenters. The van der Waals surface area contributed by atoms with Crippen LogP contribution in [0.3, 0.4) is 0 Å². The quantitative estimate of drug-likeness (QED) is 0.825. The fourth-order valence-electron chi connectivity index (χ4n) is 2.63. The van der Waals surface area contributed by atoms with Gasteiger partial charge in [-0.05, 0) is 5.56 Å². The zero-order chi connectivity index (χ0) is 15.5. The van der Waals surface area contributed by atoms with Crippen LogP contribution >= 0.6 is 0 Å². The van der Waals surface area contributed by atoms with E-state index in [1.807, 2.05) is 35.2 Å². The average Bonchev–Trinajstić information content (AvgIpc) is 2.57. The van der Waals surface area contributed by atoms with Crippen molar-refractivity contribution < 1.29 is 4.74 Å². The maximum Gasteiger partial charge on any atom is 0.332 e. The first-order chi connectivity index (χ1) is 10.7. The van der Waals surface area contributed by atoms with Gasteiger partial charge < -0.3 is 9.64 Å². The van der Waals surface area contributed by atoms with E-state index in [4.69, 9.17) is 4.74 Å². The molecule has 0 radical (unpaired) electrons. The second-order valence-electron chi connectivity index (χ2n) is 5.35. The molecule has 3 rings (SSSR count). The van der Waals surface area contributed by atoms with Gasteiger partial charge >= 0.3 is 5.69 Å². The molecule has 1 saturated heterocycles. The van der Waals surface area contributed by atoms with Crippen molar-refractivity contribution in [1.82, 2.24) is 9.13 Å². The lowest BCUT2D eigenvalue weighted by Gasteiger charge is -2.30. The molecule has 0 aliphatic carbocycles. The van der Waals surface area contributed by atoms with Gasteiger partial charge in [0, 0.05) is 26.2 Å². The topological polar surface area (TPSA) is 56.5 Å². The highest BCUT2D eigenvalue weighted by Gasteiger charge is 2.18. The highest BCUT2D eigenvalue weighted by molar-refractivity contribution is 5.39. The summed E-state index contributed by atoms with van der Waals surface area (Å²) in [4.78, 5) is 26.6. The van der Waals surface area contributed by atoms with Crippen LogP contribution in [0.5, 0.6) is 0 Å². The van der Waals surface area contributed by atoms with Crippen LogP contribution < -0.4 is 16.1 Å². The molecule has 0 spiro atoms. The number of benzene rings is 1. The SMILES string of the molecule is Cn1c(=O)cc(N2CCOCC2)n(Cc2ccccc2)c1=O. The average molecular weight is 301 g/mol. The largest absolute Gasteiger partial charge is 0.378 e. The van der Waals surface area contributed by atoms with Crippen molar-refractivity contribution in [3.05, 3.63) is 62.8 Å². The van der Waals surface area contributed by atoms with E-state index < -0.39 is 0 Å². The summed E-state index contributed by atoms with van der Waals surface area (Å²) in [6.07, 6.45) is 0. The molecule has 1 aromatic heterocycles. The number of rotatable bonds is 3. The first kappa shape index (κ1) is 14.6. The molecular weight excluding hydrogens is 282 g/mol. The Hall–Kier alpha value is -2.34. The Morgan fingerprint density at radius 3 is 2.45 bits per heavy atom. The third kappa shape index (κ3) is 2.82. The van der Waals surface area contributed by atoms with Gasteiger partial charge in [0.25, 0.3) is 5.56 Å². The van der Waals surface area contributed by atoms with Gasteiger partial charge in [-0.15, -0.1) is 0 Å². The molecule has 22 heavy (non-hydrogen) atoms. The van der Waals surface area contributed by atoms with E-state index in [9.17, 15) is 9.59 Å². The van der Waals surface area contributed by atoms with Crippen molar-refractivity contribution in [3.63, 3.8) is 0 Å². The summed E-state index contributed by atoms with van der Waals surface area (Å²) in [7, 11) is 1.51. The second-order valence-corrected chi connectivity index (χ2v) is 5.35. The number of nitrogens with zero attached hydrogens (tertiary/aromatic N) is 3. The standard InChI is InChI=1S/C16H19N3O3/c1-17-15(20)11-14(18-7-9-22-10-8-18)19(16(17)21)12-13-5-3-2-4-6-13/h2-6,11H,7-10,12H2,1H3. The van der Waals surface area contributed by atoms with Crippen LogP contribution in [0.25, 0.3) is 0 Å². The highest BCUT2D eigenvalue weighted by atomic mass is 16.5. The molecule has 6 heteroatoms. The fraction of sp³-hybridized carbons (Fsp3) is 0.375. The van der Waals surface area contributed by atoms with E-state index in [-0.39, 0.29) is 11.2 Å². The van der Waals surface area contributed by atoms with E-state index in [1.165, 1.54) is 13.1 Å². The second kappa shape index (κ2) is 6.19. The predicted molar refractivity (Wildman–Crippen MR) is 84.5 cm³/mol. The Morgan fingerprint density at radius 2 is 1.77 bits per heavy atom. The Kier molecular flexibility index (Phi) is 4.11. The van der Waals surface area contributed by atoms with Gasteiger partial charge in [0.15, 0.2) is 0 Å². The molecule has 0 bridgehead atoms. The molecule has 0 N–H and O–H groups in total. The summed E-state index contributed by atoms with van der Waals surface area (Å²) >= 11 is 0. The fourth-order valence-corrected chi connectivity index (χ4v) is 2.63. The summed E-state index contributed by atoms with van der Waals surface area (Å²) in [6.45, 7) is 3.02. The van der Waals surface area contributed by atoms with Gasteiger partial charge in [-0.25, -0.2) is 4.79 Å². The molecule has 6 nitrogen and oxygen atoms in total. The Labute approximate surface area is 128 Å². The van der Waals surface area contributed by atoms with Crippen LogP contribution in [-0.4, -0.2) is 35.4 Å². The molecular formula is C16H19N3O3. The minimum Gasteiger partial charge on any atom is -0.378 e. The third-order valence-corrected chi connectivity index (χ3v) is 3.90. The van der Waals surface area contributed by atoms with Crippen molar-refractivity contribution in [3.8, 4) is 0 Å². The number of hydrogen-bond acceptors (Lipinski definition) is 4. The zero-order valence-electron chi connectivity index (χ0n) is 12.6. The van der Waals surface area contributed by atoms with Gasteiger partial charge in [0.1, 0.15) is 5.82 Å². The molecule has 1 aliphatic heterocycles. The predicted octanol–water partition coefficient (Wildman–Crippen LogP) is 0.432. The minimum atomic E-state index is -0.294. The Morgan fingerprint density at radius 1 is 1.09 bits per heavy atom. The number of anilines is 1. The Balaban J connectivity index is 2.07. The Bertz CT molecular complexity index is 758. The van der Waals surface area contributed by atoms with E-state index in [2.05, 4.69) is 0 Å². The van der Waals surface area contributed by atoms with E-state index >= 15 is 0 Å². The number of hydrogen-bond donors (Lipinski definition) is 0. The summed E-state index contributed by atoms with van der Waals surface area (Å²) in [5, 5.41) is 0. The van der Waals surface area contributed by atoms with Crippen molar-refractivity contribution >= 4 is 5.82 Å². The van der Waals surface area contributed by atoms with Gasteiger partial charge in [0.05, 0.1) is 19.8 Å². The lowest BCUT2D eigenvalue weighted by atomic mass is 10.2. The number of aromatic nitrogens is 2. The normalized spacial score (nSPS) is 15.0. The summed E-state index contributed by atoms with van der Waals surface area (Å²) < 4.78 is 8.15. The van der Waals surface area contributed by atoms with E-state index in [0.29, 0.717) is 38.7 Å². The smallest absolute Gasteiger partial charge is 0.332 e. The molecule has 2 heterocycles. The minimum absolute atomic E-state index is 0.282. The highest BCUT2D eigenvalue weighted by Crippen LogP contribution is 2.14. The van der Waals surface area contributed by atoms with Gasteiger partial charge in [-0.1, -0.05) is 30.3 Å². The van der Waals surface area contributed by atoms with E-state index in [1.54, 1.807) is 4.57 Å². The van der Waals surface area contributed by atoms with Crippen LogP contribution in [0.4, 0.5) is 5.82 Å². The van der Waals surface area contributed by atoms with E-state index in [0.717, 1.165) is 10.1 Å². The van der Waals surface area contributed by atoms with Crippen molar-refractivity contribution in [2.24, 2.45) is 7.05 Å². The third-order valence-electron chi connectivity index (χ3n) is 3.90. The summed E-state index contributed by atoms with van der Waals surface area (Å²) in [5.41, 5.74) is 0.450. The summed E-state index contributed by atoms with van der Waals surface area (Å²) in [5.74, 6) is 0.667. The first-order valence-corrected chi connectivity index (χ1v) is 7.34. The molecule has 0 saturated carbocycles. The van der Waals surface area contributed by atoms with Crippen LogP contribution in [0, 0.1) is 0 Å². The maximum absolute atomic E-state index is 12.5. The molecule has 2 aromatic rings. The lowest BCUT2D eigenvalue weighted by Crippen LogP contribution is -2.44. The maximum atomic E-state index is 12.5. The summed E-state index contributed by atoms with van der Waals surface area (Å²) in [6, 6.07) is 11.3. The van der Waals surface area contributed by atoms with Gasteiger partial charge in [-0.2, -0.15) is 0 Å². The molecule has 1 aromatic carbocycles. The van der Waals surface area contributed by atoms with Crippen molar-refractivity contribution in [2.75, 3.05) is 31.2 Å². The number of morpholine rings is 1. The van der Waals surface area contributed by atoms with Gasteiger partial charge in [-0.3, -0.25) is 13.9 Å². The van der Waals surface area contributed by atoms with Crippen LogP contribution in [0.15, 0.2) is 46.0 Å². The lowest BCUT2D eigenvalue weighted by molar-refractivity contribution is 0.122. The first-order valence-electron chi connectivity index (χ1n) is 7.34. The molecule has 1 aliphatic rings. The van der Waals surface area contributed by atoms with Crippen molar-refractivity contribution in [2.45, 2.75) is 6.54 Å². The monoisotopic (exact) mass is 301 g/mol. The van der Waals surface area contributed by atoms with Crippen LogP contribution in [0.2, 0.25) is 0 Å². The molecule has 0 unspecified atom stereocenters. The van der Waals surface area contributed by atoms with Crippen LogP contribution in [0.1, 0.15) is 5.56 Å². The molecule has 116 valence electrons.